The second-order valence-electron chi connectivity index (χ2n) is 5.78. The number of urea groups is 1. The first-order valence-electron chi connectivity index (χ1n) is 7.17. The molecule has 0 aromatic heterocycles. The van der Waals surface area contributed by atoms with E-state index in [1.54, 1.807) is 4.90 Å². The van der Waals surface area contributed by atoms with Gasteiger partial charge in [0.25, 0.3) is 0 Å². The molecule has 2 saturated heterocycles. The Balaban J connectivity index is 1.75. The molecule has 3 rings (SSSR count). The van der Waals surface area contributed by atoms with Gasteiger partial charge in [0.2, 0.25) is 0 Å². The van der Waals surface area contributed by atoms with E-state index in [0.29, 0.717) is 13.2 Å². The highest BCUT2D eigenvalue weighted by Crippen LogP contribution is 2.31. The fraction of sp³-hybridized carbons (Fsp3) is 0.846. The number of hydrogen-bond acceptors (Lipinski definition) is 4. The van der Waals surface area contributed by atoms with Crippen LogP contribution in [0.5, 0.6) is 0 Å². The van der Waals surface area contributed by atoms with E-state index in [1.165, 1.54) is 4.90 Å². The predicted octanol–water partition coefficient (Wildman–Crippen LogP) is -0.120. The van der Waals surface area contributed by atoms with Gasteiger partial charge in [0.15, 0.2) is 0 Å². The van der Waals surface area contributed by atoms with E-state index < -0.39 is 18.1 Å². The summed E-state index contributed by atoms with van der Waals surface area (Å²) in [5, 5.41) is 18.8. The van der Waals surface area contributed by atoms with Crippen LogP contribution in [0, 0.1) is 0 Å². The minimum atomic E-state index is -1.05. The van der Waals surface area contributed by atoms with Gasteiger partial charge in [-0.25, -0.2) is 9.59 Å². The molecule has 0 spiro atoms. The Bertz CT molecular complexity index is 416. The van der Waals surface area contributed by atoms with Gasteiger partial charge in [-0.05, 0) is 19.3 Å². The third kappa shape index (κ3) is 2.25. The molecule has 1 saturated carbocycles. The van der Waals surface area contributed by atoms with Crippen molar-refractivity contribution in [2.45, 2.75) is 50.0 Å². The quantitative estimate of drug-likeness (QED) is 0.700. The standard InChI is InChI=1S/C13H20N2O5/c16-8-6-10(12(17)18)15(7-8)13(19)14-4-5-20-11-3-1-2-9(11)14/h8-11,16H,1-7H2,(H,17,18)/t8-,9?,10-,11?/m0/s1. The maximum Gasteiger partial charge on any atom is 0.326 e. The highest BCUT2D eigenvalue weighted by Gasteiger charge is 2.45. The summed E-state index contributed by atoms with van der Waals surface area (Å²) < 4.78 is 5.66. The Morgan fingerprint density at radius 2 is 2.00 bits per heavy atom. The number of aliphatic hydroxyl groups is 1. The minimum Gasteiger partial charge on any atom is -0.480 e. The van der Waals surface area contributed by atoms with Gasteiger partial charge in [-0.2, -0.15) is 0 Å². The molecule has 2 amide bonds. The molecule has 0 bridgehead atoms. The number of ether oxygens (including phenoxy) is 1. The van der Waals surface area contributed by atoms with Crippen molar-refractivity contribution in [3.05, 3.63) is 0 Å². The molecule has 2 aliphatic heterocycles. The van der Waals surface area contributed by atoms with Crippen LogP contribution in [0.1, 0.15) is 25.7 Å². The van der Waals surface area contributed by atoms with Crippen molar-refractivity contribution in [1.29, 1.82) is 0 Å². The average molecular weight is 284 g/mol. The van der Waals surface area contributed by atoms with Crippen LogP contribution in [0.15, 0.2) is 0 Å². The van der Waals surface area contributed by atoms with Gasteiger partial charge in [-0.1, -0.05) is 0 Å². The zero-order chi connectivity index (χ0) is 14.3. The van der Waals surface area contributed by atoms with Crippen LogP contribution in [0.4, 0.5) is 4.79 Å². The van der Waals surface area contributed by atoms with Gasteiger partial charge in [-0.3, -0.25) is 0 Å². The molecular formula is C13H20N2O5. The number of aliphatic carboxylic acids is 1. The molecule has 112 valence electrons. The number of likely N-dealkylation sites (tertiary alicyclic amines) is 1. The van der Waals surface area contributed by atoms with Crippen LogP contribution in [-0.4, -0.2) is 76.0 Å². The van der Waals surface area contributed by atoms with Gasteiger partial charge in [0.1, 0.15) is 6.04 Å². The lowest BCUT2D eigenvalue weighted by Gasteiger charge is -2.40. The number of amides is 2. The summed E-state index contributed by atoms with van der Waals surface area (Å²) in [4.78, 5) is 26.9. The molecule has 3 fully saturated rings. The third-order valence-electron chi connectivity index (χ3n) is 4.54. The van der Waals surface area contributed by atoms with Crippen LogP contribution in [0.2, 0.25) is 0 Å². The number of fused-ring (bicyclic) bond motifs is 1. The summed E-state index contributed by atoms with van der Waals surface area (Å²) in [6.07, 6.45) is 2.34. The van der Waals surface area contributed by atoms with Crippen LogP contribution in [0.25, 0.3) is 0 Å². The summed E-state index contributed by atoms with van der Waals surface area (Å²) in [5.41, 5.74) is 0. The summed E-state index contributed by atoms with van der Waals surface area (Å²) in [6, 6.07) is -1.13. The first-order valence-corrected chi connectivity index (χ1v) is 7.17. The number of carboxylic acids is 1. The van der Waals surface area contributed by atoms with Crippen molar-refractivity contribution in [3.63, 3.8) is 0 Å². The number of hydrogen-bond donors (Lipinski definition) is 2. The largest absolute Gasteiger partial charge is 0.480 e. The Kier molecular flexibility index (Phi) is 3.55. The number of β-amino-alcohol motifs (C(OH)–C–C–N with tert-alkyl or cyclic N) is 1. The van der Waals surface area contributed by atoms with Crippen molar-refractivity contribution in [2.24, 2.45) is 0 Å². The van der Waals surface area contributed by atoms with E-state index in [0.717, 1.165) is 19.3 Å². The number of carbonyl (C=O) groups is 2. The molecule has 20 heavy (non-hydrogen) atoms. The molecule has 2 unspecified atom stereocenters. The van der Waals surface area contributed by atoms with E-state index in [9.17, 15) is 19.8 Å². The van der Waals surface area contributed by atoms with Gasteiger partial charge in [0.05, 0.1) is 24.9 Å². The first-order chi connectivity index (χ1) is 9.58. The number of aliphatic hydroxyl groups excluding tert-OH is 1. The minimum absolute atomic E-state index is 0.0587. The fourth-order valence-corrected chi connectivity index (χ4v) is 3.59. The van der Waals surface area contributed by atoms with Gasteiger partial charge in [0, 0.05) is 19.5 Å². The SMILES string of the molecule is O=C(O)[C@@H]1C[C@H](O)CN1C(=O)N1CCOC2CCCC21. The second kappa shape index (κ2) is 5.21. The maximum absolute atomic E-state index is 12.6. The highest BCUT2D eigenvalue weighted by molar-refractivity contribution is 5.83. The van der Waals surface area contributed by atoms with E-state index >= 15 is 0 Å². The third-order valence-corrected chi connectivity index (χ3v) is 4.54. The lowest BCUT2D eigenvalue weighted by molar-refractivity contribution is -0.141. The summed E-state index contributed by atoms with van der Waals surface area (Å²) >= 11 is 0. The normalized spacial score (nSPS) is 37.0. The molecule has 0 aromatic rings. The molecular weight excluding hydrogens is 264 g/mol. The van der Waals surface area contributed by atoms with E-state index in [1.807, 2.05) is 0 Å². The number of morpholine rings is 1. The van der Waals surface area contributed by atoms with Gasteiger partial charge >= 0.3 is 12.0 Å². The Labute approximate surface area is 117 Å². The van der Waals surface area contributed by atoms with Gasteiger partial charge in [-0.15, -0.1) is 0 Å². The Morgan fingerprint density at radius 3 is 2.75 bits per heavy atom. The lowest BCUT2D eigenvalue weighted by Crippen LogP contribution is -2.57. The topological polar surface area (TPSA) is 90.3 Å². The van der Waals surface area contributed by atoms with E-state index in [2.05, 4.69) is 0 Å². The molecule has 2 N–H and O–H groups in total. The average Bonchev–Trinajstić information content (AvgIpc) is 3.03. The van der Waals surface area contributed by atoms with Crippen molar-refractivity contribution in [3.8, 4) is 0 Å². The van der Waals surface area contributed by atoms with Crippen molar-refractivity contribution >= 4 is 12.0 Å². The Morgan fingerprint density at radius 1 is 1.20 bits per heavy atom. The summed E-state index contributed by atoms with van der Waals surface area (Å²) in [6.45, 7) is 1.10. The number of carboxylic acid groups (broad SMARTS) is 1. The molecule has 1 aliphatic carbocycles. The summed E-state index contributed by atoms with van der Waals surface area (Å²) in [7, 11) is 0. The van der Waals surface area contributed by atoms with Crippen LogP contribution in [0.3, 0.4) is 0 Å². The lowest BCUT2D eigenvalue weighted by atomic mass is 10.1. The van der Waals surface area contributed by atoms with E-state index in [-0.39, 0.29) is 31.1 Å². The molecule has 7 nitrogen and oxygen atoms in total. The number of rotatable bonds is 1. The van der Waals surface area contributed by atoms with Crippen LogP contribution >= 0.6 is 0 Å². The van der Waals surface area contributed by atoms with Crippen molar-refractivity contribution in [1.82, 2.24) is 9.80 Å². The molecule has 2 heterocycles. The number of carbonyl (C=O) groups excluding carboxylic acids is 1. The fourth-order valence-electron chi connectivity index (χ4n) is 3.59. The highest BCUT2D eigenvalue weighted by atomic mass is 16.5. The molecule has 0 radical (unpaired) electrons. The maximum atomic E-state index is 12.6. The molecule has 4 atom stereocenters. The zero-order valence-corrected chi connectivity index (χ0v) is 11.3. The first kappa shape index (κ1) is 13.6. The van der Waals surface area contributed by atoms with Crippen LogP contribution in [-0.2, 0) is 9.53 Å². The van der Waals surface area contributed by atoms with Crippen molar-refractivity contribution in [2.75, 3.05) is 19.7 Å². The molecule has 0 aromatic carbocycles. The van der Waals surface area contributed by atoms with Crippen molar-refractivity contribution < 1.29 is 24.5 Å². The molecule has 3 aliphatic rings. The summed E-state index contributed by atoms with van der Waals surface area (Å²) in [5.74, 6) is -1.05. The van der Waals surface area contributed by atoms with Crippen LogP contribution < -0.4 is 0 Å². The second-order valence-corrected chi connectivity index (χ2v) is 5.78. The number of nitrogens with zero attached hydrogens (tertiary/aromatic N) is 2. The monoisotopic (exact) mass is 284 g/mol. The molecule has 7 heteroatoms. The van der Waals surface area contributed by atoms with Gasteiger partial charge < -0.3 is 24.7 Å². The predicted molar refractivity (Wildman–Crippen MR) is 68.2 cm³/mol. The smallest absolute Gasteiger partial charge is 0.326 e. The van der Waals surface area contributed by atoms with E-state index in [4.69, 9.17) is 4.74 Å². The zero-order valence-electron chi connectivity index (χ0n) is 11.3. The Hall–Kier alpha value is -1.34.